The van der Waals surface area contributed by atoms with Gasteiger partial charge in [0.2, 0.25) is 0 Å². The topological polar surface area (TPSA) is 23.0 Å². The first-order valence-corrected chi connectivity index (χ1v) is 18.4. The molecule has 0 bridgehead atoms. The van der Waals surface area contributed by atoms with E-state index in [9.17, 15) is 0 Å². The smallest absolute Gasteiger partial charge is 0.145 e. The zero-order valence-corrected chi connectivity index (χ0v) is 30.1. The molecule has 10 aromatic rings. The Morgan fingerprint density at radius 2 is 1.17 bits per heavy atom. The van der Waals surface area contributed by atoms with E-state index in [1.54, 1.807) is 0 Å². The molecular weight excluding hydrogens is 633 g/mol. The van der Waals surface area contributed by atoms with E-state index >= 15 is 0 Å². The van der Waals surface area contributed by atoms with Crippen LogP contribution in [0.4, 0.5) is 0 Å². The highest BCUT2D eigenvalue weighted by molar-refractivity contribution is 6.24. The van der Waals surface area contributed by atoms with Crippen molar-refractivity contribution in [1.29, 1.82) is 0 Å². The molecule has 0 atom stereocenters. The van der Waals surface area contributed by atoms with E-state index in [-0.39, 0.29) is 10.8 Å². The van der Waals surface area contributed by atoms with E-state index in [4.69, 9.17) is 4.42 Å². The molecule has 3 heteroatoms. The molecule has 1 aliphatic rings. The van der Waals surface area contributed by atoms with E-state index in [0.717, 1.165) is 33.1 Å². The average molecular weight is 671 g/mol. The largest absolute Gasteiger partial charge is 0.455 e. The lowest BCUT2D eigenvalue weighted by molar-refractivity contribution is 0.591. The van der Waals surface area contributed by atoms with Gasteiger partial charge >= 0.3 is 0 Å². The second-order valence-electron chi connectivity index (χ2n) is 16.2. The van der Waals surface area contributed by atoms with Crippen molar-refractivity contribution in [2.45, 2.75) is 45.4 Å². The molecule has 0 amide bonds. The van der Waals surface area contributed by atoms with Gasteiger partial charge in [-0.2, -0.15) is 0 Å². The van der Waals surface area contributed by atoms with Crippen LogP contribution in [0.2, 0.25) is 0 Å². The van der Waals surface area contributed by atoms with Crippen LogP contribution in [0.25, 0.3) is 88.1 Å². The second-order valence-corrected chi connectivity index (χ2v) is 16.2. The predicted octanol–water partition coefficient (Wildman–Crippen LogP) is 13.4. The van der Waals surface area contributed by atoms with Gasteiger partial charge in [0.05, 0.1) is 27.5 Å². The van der Waals surface area contributed by atoms with Crippen LogP contribution in [-0.2, 0) is 10.8 Å². The highest BCUT2D eigenvalue weighted by atomic mass is 16.3. The molecule has 0 N–H and O–H groups in total. The van der Waals surface area contributed by atoms with Crippen molar-refractivity contribution in [2.24, 2.45) is 0 Å². The van der Waals surface area contributed by atoms with Crippen molar-refractivity contribution < 1.29 is 4.42 Å². The molecule has 250 valence electrons. The van der Waals surface area contributed by atoms with Crippen molar-refractivity contribution in [3.8, 4) is 22.5 Å². The average Bonchev–Trinajstić information content (AvgIpc) is 3.85. The molecule has 0 saturated heterocycles. The van der Waals surface area contributed by atoms with Crippen molar-refractivity contribution in [3.05, 3.63) is 156 Å². The van der Waals surface area contributed by atoms with Gasteiger partial charge in [-0.25, -0.2) is 0 Å². The molecule has 11 rings (SSSR count). The molecular formula is C49H38N2O. The Kier molecular flexibility index (Phi) is 5.73. The fourth-order valence-electron chi connectivity index (χ4n) is 9.23. The van der Waals surface area contributed by atoms with Gasteiger partial charge in [-0.05, 0) is 106 Å². The van der Waals surface area contributed by atoms with E-state index in [0.29, 0.717) is 0 Å². The summed E-state index contributed by atoms with van der Waals surface area (Å²) in [5, 5.41) is 7.20. The van der Waals surface area contributed by atoms with Crippen LogP contribution in [0.5, 0.6) is 0 Å². The Labute approximate surface area is 302 Å². The monoisotopic (exact) mass is 670 g/mol. The fourth-order valence-corrected chi connectivity index (χ4v) is 9.23. The first-order chi connectivity index (χ1) is 25.2. The molecule has 1 aliphatic carbocycles. The number of rotatable bonds is 2. The van der Waals surface area contributed by atoms with Gasteiger partial charge < -0.3 is 13.6 Å². The fraction of sp³-hybridized carbons (Fsp3) is 0.143. The van der Waals surface area contributed by atoms with Crippen LogP contribution < -0.4 is 0 Å². The highest BCUT2D eigenvalue weighted by Gasteiger charge is 2.36. The van der Waals surface area contributed by atoms with Gasteiger partial charge in [-0.3, -0.25) is 0 Å². The van der Waals surface area contributed by atoms with Crippen LogP contribution in [0.1, 0.15) is 51.3 Å². The van der Waals surface area contributed by atoms with Crippen LogP contribution in [0.3, 0.4) is 0 Å². The molecule has 0 fully saturated rings. The predicted molar refractivity (Wildman–Crippen MR) is 219 cm³/mol. The molecule has 0 spiro atoms. The summed E-state index contributed by atoms with van der Waals surface area (Å²) < 4.78 is 11.6. The van der Waals surface area contributed by atoms with E-state index in [1.165, 1.54) is 71.6 Å². The summed E-state index contributed by atoms with van der Waals surface area (Å²) in [6.07, 6.45) is 0. The van der Waals surface area contributed by atoms with Gasteiger partial charge in [0.1, 0.15) is 11.2 Å². The summed E-state index contributed by atoms with van der Waals surface area (Å²) in [5.41, 5.74) is 15.6. The van der Waals surface area contributed by atoms with Gasteiger partial charge in [0.15, 0.2) is 0 Å². The lowest BCUT2D eigenvalue weighted by Crippen LogP contribution is -2.14. The minimum absolute atomic E-state index is 0.00993. The third kappa shape index (κ3) is 3.86. The van der Waals surface area contributed by atoms with Crippen molar-refractivity contribution in [2.75, 3.05) is 0 Å². The SMILES string of the molecule is CC(C)(C)c1ccc2c(c1)c1c3oc4ccccc4c3ccc1n2-c1ccc2c(c1)c1cc3c(cc1n2-c1ccccc1)C(C)(C)c1ccccc1-3. The Balaban J connectivity index is 1.25. The van der Waals surface area contributed by atoms with Crippen LogP contribution in [-0.4, -0.2) is 9.13 Å². The molecule has 3 heterocycles. The minimum Gasteiger partial charge on any atom is -0.455 e. The van der Waals surface area contributed by atoms with Crippen LogP contribution >= 0.6 is 0 Å². The summed E-state index contributed by atoms with van der Waals surface area (Å²) in [6.45, 7) is 11.6. The zero-order valence-electron chi connectivity index (χ0n) is 30.1. The second kappa shape index (κ2) is 10.0. The van der Waals surface area contributed by atoms with Crippen molar-refractivity contribution in [1.82, 2.24) is 9.13 Å². The third-order valence-corrected chi connectivity index (χ3v) is 11.9. The van der Waals surface area contributed by atoms with Crippen LogP contribution in [0, 0.1) is 0 Å². The first kappa shape index (κ1) is 29.6. The summed E-state index contributed by atoms with van der Waals surface area (Å²) in [7, 11) is 0. The Hall–Kier alpha value is -6.06. The Morgan fingerprint density at radius 3 is 2.02 bits per heavy atom. The summed E-state index contributed by atoms with van der Waals surface area (Å²) >= 11 is 0. The Morgan fingerprint density at radius 1 is 0.481 bits per heavy atom. The normalized spacial score (nSPS) is 14.0. The molecule has 3 aromatic heterocycles. The molecule has 0 unspecified atom stereocenters. The maximum Gasteiger partial charge on any atom is 0.145 e. The molecule has 3 nitrogen and oxygen atoms in total. The molecule has 0 aliphatic heterocycles. The summed E-state index contributed by atoms with van der Waals surface area (Å²) in [6, 6.07) is 51.6. The number of aromatic nitrogens is 2. The van der Waals surface area contributed by atoms with E-state index in [1.807, 2.05) is 0 Å². The number of hydrogen-bond donors (Lipinski definition) is 0. The number of nitrogens with zero attached hydrogens (tertiary/aromatic N) is 2. The van der Waals surface area contributed by atoms with Crippen LogP contribution in [0.15, 0.2) is 144 Å². The van der Waals surface area contributed by atoms with Crippen molar-refractivity contribution >= 4 is 65.6 Å². The molecule has 0 saturated carbocycles. The summed E-state index contributed by atoms with van der Waals surface area (Å²) in [5.74, 6) is 0. The number of furan rings is 1. The molecule has 0 radical (unpaired) electrons. The third-order valence-electron chi connectivity index (χ3n) is 11.9. The lowest BCUT2D eigenvalue weighted by Gasteiger charge is -2.21. The number of hydrogen-bond acceptors (Lipinski definition) is 1. The summed E-state index contributed by atoms with van der Waals surface area (Å²) in [4.78, 5) is 0. The van der Waals surface area contributed by atoms with Crippen molar-refractivity contribution in [3.63, 3.8) is 0 Å². The quantitative estimate of drug-likeness (QED) is 0.179. The van der Waals surface area contributed by atoms with Gasteiger partial charge in [0.25, 0.3) is 0 Å². The van der Waals surface area contributed by atoms with Gasteiger partial charge in [0, 0.05) is 43.7 Å². The maximum atomic E-state index is 6.70. The van der Waals surface area contributed by atoms with Gasteiger partial charge in [-0.15, -0.1) is 0 Å². The highest BCUT2D eigenvalue weighted by Crippen LogP contribution is 2.51. The Bertz CT molecular complexity index is 3120. The van der Waals surface area contributed by atoms with Gasteiger partial charge in [-0.1, -0.05) is 101 Å². The van der Waals surface area contributed by atoms with E-state index in [2.05, 4.69) is 183 Å². The van der Waals surface area contributed by atoms with E-state index < -0.39 is 0 Å². The first-order valence-electron chi connectivity index (χ1n) is 18.4. The number of benzene rings is 7. The minimum atomic E-state index is -0.0832. The number of para-hydroxylation sites is 2. The maximum absolute atomic E-state index is 6.70. The number of fused-ring (bicyclic) bond motifs is 13. The standard InChI is InChI=1S/C49H38N2O/c1-48(2,3)29-19-22-42-38(25-29)46-43(24-21-34-33-16-10-12-18-45(33)52-47(34)46)51(42)31-20-23-41-36(26-31)37-27-35-32-15-9-11-17-39(32)49(4,5)40(35)28-44(37)50(41)30-13-7-6-8-14-30/h6-28H,1-5H3. The molecule has 52 heavy (non-hydrogen) atoms. The lowest BCUT2D eigenvalue weighted by atomic mass is 9.82. The zero-order chi connectivity index (χ0) is 35.1. The molecule has 7 aromatic carbocycles.